The number of carbonyl (C=O) groups excluding carboxylic acids is 1. The van der Waals surface area contributed by atoms with Gasteiger partial charge in [-0.15, -0.1) is 0 Å². The standard InChI is InChI=1S/C15H14I2O2/c1-9(18)13(16)8-10-3-5-12-11(7-10)4-6-14(19-2)15(12)17/h3-7,13H,8H2,1-2H3. The van der Waals surface area contributed by atoms with Crippen molar-refractivity contribution in [3.8, 4) is 5.75 Å². The Balaban J connectivity index is 2.39. The molecule has 0 amide bonds. The number of Topliss-reactive ketones (excluding diaryl/α,β-unsaturated/α-hetero) is 1. The van der Waals surface area contributed by atoms with E-state index in [4.69, 9.17) is 4.74 Å². The van der Waals surface area contributed by atoms with Crippen LogP contribution in [-0.4, -0.2) is 16.8 Å². The summed E-state index contributed by atoms with van der Waals surface area (Å²) in [6.07, 6.45) is 0.786. The molecule has 0 heterocycles. The number of alkyl halides is 1. The van der Waals surface area contributed by atoms with E-state index in [2.05, 4.69) is 69.4 Å². The number of benzene rings is 2. The van der Waals surface area contributed by atoms with Crippen LogP contribution in [0.25, 0.3) is 10.8 Å². The monoisotopic (exact) mass is 480 g/mol. The molecule has 0 bridgehead atoms. The van der Waals surface area contributed by atoms with Crippen LogP contribution in [0.5, 0.6) is 5.75 Å². The zero-order valence-corrected chi connectivity index (χ0v) is 15.1. The van der Waals surface area contributed by atoms with Gasteiger partial charge in [0.05, 0.1) is 14.6 Å². The van der Waals surface area contributed by atoms with Crippen LogP contribution in [0.3, 0.4) is 0 Å². The highest BCUT2D eigenvalue weighted by molar-refractivity contribution is 14.1. The van der Waals surface area contributed by atoms with E-state index in [-0.39, 0.29) is 9.71 Å². The maximum absolute atomic E-state index is 11.3. The average molecular weight is 480 g/mol. The summed E-state index contributed by atoms with van der Waals surface area (Å²) in [6.45, 7) is 1.64. The molecule has 0 aliphatic rings. The van der Waals surface area contributed by atoms with Crippen LogP contribution in [0.15, 0.2) is 30.3 Å². The number of ketones is 1. The lowest BCUT2D eigenvalue weighted by atomic mass is 10.0. The van der Waals surface area contributed by atoms with E-state index in [1.165, 1.54) is 16.3 Å². The molecular formula is C15H14I2O2. The van der Waals surface area contributed by atoms with Crippen molar-refractivity contribution in [2.75, 3.05) is 7.11 Å². The van der Waals surface area contributed by atoms with Crippen LogP contribution in [-0.2, 0) is 11.2 Å². The highest BCUT2D eigenvalue weighted by Crippen LogP contribution is 2.30. The fourth-order valence-electron chi connectivity index (χ4n) is 1.96. The maximum atomic E-state index is 11.3. The fraction of sp³-hybridized carbons (Fsp3) is 0.267. The number of halogens is 2. The molecule has 19 heavy (non-hydrogen) atoms. The van der Waals surface area contributed by atoms with Crippen LogP contribution in [0.1, 0.15) is 12.5 Å². The smallest absolute Gasteiger partial charge is 0.142 e. The molecular weight excluding hydrogens is 466 g/mol. The van der Waals surface area contributed by atoms with Crippen molar-refractivity contribution < 1.29 is 9.53 Å². The summed E-state index contributed by atoms with van der Waals surface area (Å²) in [5, 5.41) is 2.38. The summed E-state index contributed by atoms with van der Waals surface area (Å²) in [5.41, 5.74) is 1.20. The molecule has 0 aliphatic carbocycles. The number of hydrogen-bond donors (Lipinski definition) is 0. The number of carbonyl (C=O) groups is 1. The lowest BCUT2D eigenvalue weighted by molar-refractivity contribution is -0.116. The van der Waals surface area contributed by atoms with Crippen molar-refractivity contribution in [1.29, 1.82) is 0 Å². The molecule has 0 fully saturated rings. The minimum Gasteiger partial charge on any atom is -0.496 e. The number of hydrogen-bond acceptors (Lipinski definition) is 2. The summed E-state index contributed by atoms with van der Waals surface area (Å²) < 4.78 is 6.50. The van der Waals surface area contributed by atoms with Gasteiger partial charge in [0.2, 0.25) is 0 Å². The van der Waals surface area contributed by atoms with Gasteiger partial charge in [-0.25, -0.2) is 0 Å². The molecule has 0 spiro atoms. The van der Waals surface area contributed by atoms with Crippen LogP contribution in [0, 0.1) is 3.57 Å². The molecule has 4 heteroatoms. The lowest BCUT2D eigenvalue weighted by Crippen LogP contribution is -2.12. The molecule has 0 N–H and O–H groups in total. The van der Waals surface area contributed by atoms with E-state index in [0.717, 1.165) is 15.7 Å². The highest BCUT2D eigenvalue weighted by atomic mass is 127. The van der Waals surface area contributed by atoms with Gasteiger partial charge in [0.1, 0.15) is 11.5 Å². The van der Waals surface area contributed by atoms with Crippen molar-refractivity contribution in [3.05, 3.63) is 39.5 Å². The van der Waals surface area contributed by atoms with E-state index in [1.54, 1.807) is 14.0 Å². The molecule has 1 unspecified atom stereocenters. The summed E-state index contributed by atoms with van der Waals surface area (Å²) in [4.78, 5) is 11.3. The van der Waals surface area contributed by atoms with Crippen LogP contribution in [0.2, 0.25) is 0 Å². The topological polar surface area (TPSA) is 26.3 Å². The molecule has 0 saturated heterocycles. The largest absolute Gasteiger partial charge is 0.496 e. The second kappa shape index (κ2) is 6.39. The zero-order valence-electron chi connectivity index (χ0n) is 10.7. The SMILES string of the molecule is COc1ccc2cc(CC(I)C(C)=O)ccc2c1I. The molecule has 2 aromatic carbocycles. The van der Waals surface area contributed by atoms with Crippen molar-refractivity contribution in [2.24, 2.45) is 0 Å². The molecule has 0 radical (unpaired) electrons. The van der Waals surface area contributed by atoms with Crippen molar-refractivity contribution in [3.63, 3.8) is 0 Å². The molecule has 0 aromatic heterocycles. The first kappa shape index (κ1) is 15.0. The Hall–Kier alpha value is -0.370. The van der Waals surface area contributed by atoms with Crippen molar-refractivity contribution in [1.82, 2.24) is 0 Å². The quantitative estimate of drug-likeness (QED) is 0.480. The van der Waals surface area contributed by atoms with Crippen molar-refractivity contribution in [2.45, 2.75) is 17.3 Å². The van der Waals surface area contributed by atoms with Gasteiger partial charge in [0.15, 0.2) is 0 Å². The molecule has 1 atom stereocenters. The Morgan fingerprint density at radius 1 is 1.32 bits per heavy atom. The first-order valence-electron chi connectivity index (χ1n) is 5.92. The Kier molecular flexibility index (Phi) is 5.05. The lowest BCUT2D eigenvalue weighted by Gasteiger charge is -2.10. The second-order valence-corrected chi connectivity index (χ2v) is 7.00. The predicted octanol–water partition coefficient (Wildman–Crippen LogP) is 4.39. The molecule has 100 valence electrons. The van der Waals surface area contributed by atoms with Gasteiger partial charge in [-0.05, 0) is 58.3 Å². The van der Waals surface area contributed by atoms with Gasteiger partial charge in [0.25, 0.3) is 0 Å². The van der Waals surface area contributed by atoms with Crippen LogP contribution < -0.4 is 4.74 Å². The van der Waals surface area contributed by atoms with Crippen LogP contribution in [0.4, 0.5) is 0 Å². The van der Waals surface area contributed by atoms with E-state index < -0.39 is 0 Å². The highest BCUT2D eigenvalue weighted by Gasteiger charge is 2.11. The average Bonchev–Trinajstić information content (AvgIpc) is 2.39. The van der Waals surface area contributed by atoms with Gasteiger partial charge in [-0.1, -0.05) is 46.9 Å². The van der Waals surface area contributed by atoms with Gasteiger partial charge in [-0.3, -0.25) is 4.79 Å². The normalized spacial score (nSPS) is 12.4. The van der Waals surface area contributed by atoms with Crippen molar-refractivity contribution >= 4 is 61.7 Å². The van der Waals surface area contributed by atoms with E-state index in [9.17, 15) is 4.79 Å². The predicted molar refractivity (Wildman–Crippen MR) is 95.4 cm³/mol. The van der Waals surface area contributed by atoms with Gasteiger partial charge in [-0.2, -0.15) is 0 Å². The first-order valence-corrected chi connectivity index (χ1v) is 8.25. The zero-order chi connectivity index (χ0) is 14.0. The van der Waals surface area contributed by atoms with Crippen LogP contribution >= 0.6 is 45.2 Å². The molecule has 2 nitrogen and oxygen atoms in total. The Bertz CT molecular complexity index is 623. The van der Waals surface area contributed by atoms with E-state index in [1.807, 2.05) is 6.07 Å². The Morgan fingerprint density at radius 3 is 2.68 bits per heavy atom. The molecule has 0 saturated carbocycles. The summed E-state index contributed by atoms with van der Waals surface area (Å²) in [7, 11) is 1.69. The van der Waals surface area contributed by atoms with E-state index >= 15 is 0 Å². The van der Waals surface area contributed by atoms with Gasteiger partial charge in [0, 0.05) is 0 Å². The number of ether oxygens (including phenoxy) is 1. The number of methoxy groups -OCH3 is 1. The second-order valence-electron chi connectivity index (χ2n) is 4.42. The third kappa shape index (κ3) is 3.39. The first-order chi connectivity index (χ1) is 9.02. The Labute approximate surface area is 140 Å². The van der Waals surface area contributed by atoms with Gasteiger partial charge < -0.3 is 4.74 Å². The third-order valence-corrected chi connectivity index (χ3v) is 5.49. The van der Waals surface area contributed by atoms with Gasteiger partial charge >= 0.3 is 0 Å². The summed E-state index contributed by atoms with van der Waals surface area (Å²) >= 11 is 4.51. The maximum Gasteiger partial charge on any atom is 0.142 e. The molecule has 2 rings (SSSR count). The summed E-state index contributed by atoms with van der Waals surface area (Å²) in [5.74, 6) is 1.13. The third-order valence-electron chi connectivity index (χ3n) is 3.06. The number of fused-ring (bicyclic) bond motifs is 1. The molecule has 2 aromatic rings. The molecule has 0 aliphatic heterocycles. The minimum atomic E-state index is 0.0485. The Morgan fingerprint density at radius 2 is 2.05 bits per heavy atom. The van der Waals surface area contributed by atoms with E-state index in [0.29, 0.717) is 0 Å². The minimum absolute atomic E-state index is 0.0485. The number of rotatable bonds is 4. The fourth-order valence-corrected chi connectivity index (χ4v) is 3.36. The summed E-state index contributed by atoms with van der Waals surface area (Å²) in [6, 6.07) is 10.4.